The van der Waals surface area contributed by atoms with Gasteiger partial charge in [0.15, 0.2) is 11.8 Å². The number of ether oxygens (including phenoxy) is 1. The Morgan fingerprint density at radius 3 is 2.67 bits per heavy atom. The molecule has 0 bridgehead atoms. The van der Waals surface area contributed by atoms with Crippen LogP contribution in [-0.2, 0) is 9.53 Å². The molecule has 5 heteroatoms. The van der Waals surface area contributed by atoms with Crippen molar-refractivity contribution in [3.8, 4) is 0 Å². The highest BCUT2D eigenvalue weighted by Crippen LogP contribution is 2.47. The number of amides is 1. The number of hydrogen-bond acceptors (Lipinski definition) is 3. The van der Waals surface area contributed by atoms with E-state index >= 15 is 0 Å². The van der Waals surface area contributed by atoms with Crippen molar-refractivity contribution < 1.29 is 13.9 Å². The highest BCUT2D eigenvalue weighted by molar-refractivity contribution is 5.88. The second-order valence-electron chi connectivity index (χ2n) is 6.14. The van der Waals surface area contributed by atoms with Crippen LogP contribution in [0.1, 0.15) is 30.9 Å². The minimum absolute atomic E-state index is 0.0250. The van der Waals surface area contributed by atoms with E-state index in [0.29, 0.717) is 19.3 Å². The molecule has 1 amide bonds. The minimum Gasteiger partial charge on any atom is -0.339 e. The van der Waals surface area contributed by atoms with E-state index in [0.717, 1.165) is 18.7 Å². The van der Waals surface area contributed by atoms with Crippen LogP contribution in [0.4, 0.5) is 4.39 Å². The van der Waals surface area contributed by atoms with Crippen molar-refractivity contribution in [2.45, 2.75) is 43.3 Å². The van der Waals surface area contributed by atoms with Crippen LogP contribution in [0.15, 0.2) is 30.3 Å². The molecule has 0 aliphatic carbocycles. The van der Waals surface area contributed by atoms with Crippen molar-refractivity contribution in [1.29, 1.82) is 0 Å². The summed E-state index contributed by atoms with van der Waals surface area (Å²) in [5.74, 6) is -0.0250. The van der Waals surface area contributed by atoms with Gasteiger partial charge in [-0.15, -0.1) is 0 Å². The van der Waals surface area contributed by atoms with E-state index in [9.17, 15) is 9.18 Å². The van der Waals surface area contributed by atoms with Crippen LogP contribution in [0.5, 0.6) is 0 Å². The molecule has 4 rings (SSSR count). The number of carbonyl (C=O) groups is 1. The number of nitrogens with one attached hydrogen (secondary N) is 1. The summed E-state index contributed by atoms with van der Waals surface area (Å²) in [5.41, 5.74) is 0.193. The third-order valence-electron chi connectivity index (χ3n) is 4.93. The molecule has 112 valence electrons. The highest BCUT2D eigenvalue weighted by atomic mass is 19.1. The van der Waals surface area contributed by atoms with Crippen molar-refractivity contribution in [1.82, 2.24) is 10.2 Å². The van der Waals surface area contributed by atoms with Gasteiger partial charge in [0.1, 0.15) is 6.17 Å². The van der Waals surface area contributed by atoms with E-state index in [2.05, 4.69) is 5.32 Å². The number of piperidine rings is 1. The molecule has 3 aliphatic rings. The first-order chi connectivity index (χ1) is 10.2. The quantitative estimate of drug-likeness (QED) is 0.857. The van der Waals surface area contributed by atoms with Crippen LogP contribution >= 0.6 is 0 Å². The van der Waals surface area contributed by atoms with E-state index in [-0.39, 0.29) is 11.9 Å². The molecule has 3 atom stereocenters. The predicted molar refractivity (Wildman–Crippen MR) is 75.2 cm³/mol. The summed E-state index contributed by atoms with van der Waals surface area (Å²) >= 11 is 0. The lowest BCUT2D eigenvalue weighted by Crippen LogP contribution is -2.49. The Kier molecular flexibility index (Phi) is 3.01. The van der Waals surface area contributed by atoms with E-state index in [1.54, 1.807) is 4.90 Å². The van der Waals surface area contributed by atoms with Crippen molar-refractivity contribution in [3.05, 3.63) is 35.9 Å². The van der Waals surface area contributed by atoms with Crippen LogP contribution in [0.3, 0.4) is 0 Å². The first kappa shape index (κ1) is 13.2. The van der Waals surface area contributed by atoms with Gasteiger partial charge in [0.05, 0.1) is 6.04 Å². The van der Waals surface area contributed by atoms with Gasteiger partial charge in [-0.1, -0.05) is 30.3 Å². The summed E-state index contributed by atoms with van der Waals surface area (Å²) in [5, 5.41) is 3.23. The lowest BCUT2D eigenvalue weighted by molar-refractivity contribution is -0.141. The summed E-state index contributed by atoms with van der Waals surface area (Å²) in [4.78, 5) is 14.6. The molecule has 0 aromatic heterocycles. The van der Waals surface area contributed by atoms with Crippen molar-refractivity contribution in [2.75, 3.05) is 13.1 Å². The molecule has 4 nitrogen and oxygen atoms in total. The number of fused-ring (bicyclic) bond motifs is 1. The maximum Gasteiger partial charge on any atom is 0.257 e. The van der Waals surface area contributed by atoms with Crippen molar-refractivity contribution in [2.24, 2.45) is 0 Å². The number of alkyl halides is 1. The Bertz CT molecular complexity index is 544. The first-order valence-corrected chi connectivity index (χ1v) is 7.62. The maximum atomic E-state index is 14.4. The lowest BCUT2D eigenvalue weighted by Gasteiger charge is -2.32. The highest BCUT2D eigenvalue weighted by Gasteiger charge is 2.60. The molecule has 1 aromatic rings. The van der Waals surface area contributed by atoms with Gasteiger partial charge in [-0.2, -0.15) is 0 Å². The number of carbonyl (C=O) groups excluding carboxylic acids is 1. The number of rotatable bonds is 1. The Morgan fingerprint density at radius 1 is 1.24 bits per heavy atom. The molecule has 3 saturated heterocycles. The molecule has 1 aromatic carbocycles. The van der Waals surface area contributed by atoms with E-state index in [4.69, 9.17) is 4.74 Å². The largest absolute Gasteiger partial charge is 0.339 e. The molecular formula is C16H19FN2O2. The van der Waals surface area contributed by atoms with Crippen LogP contribution in [-0.4, -0.2) is 41.9 Å². The van der Waals surface area contributed by atoms with Gasteiger partial charge in [-0.3, -0.25) is 4.79 Å². The first-order valence-electron chi connectivity index (χ1n) is 7.62. The average Bonchev–Trinajstić information content (AvgIpc) is 2.98. The summed E-state index contributed by atoms with van der Waals surface area (Å²) < 4.78 is 20.3. The third-order valence-corrected chi connectivity index (χ3v) is 4.93. The van der Waals surface area contributed by atoms with Crippen molar-refractivity contribution in [3.63, 3.8) is 0 Å². The van der Waals surface area contributed by atoms with Gasteiger partial charge in [0.2, 0.25) is 0 Å². The Labute approximate surface area is 123 Å². The smallest absolute Gasteiger partial charge is 0.257 e. The molecule has 1 N–H and O–H groups in total. The monoisotopic (exact) mass is 290 g/mol. The van der Waals surface area contributed by atoms with Crippen molar-refractivity contribution >= 4 is 5.91 Å². The van der Waals surface area contributed by atoms with Gasteiger partial charge < -0.3 is 15.0 Å². The lowest BCUT2D eigenvalue weighted by atomic mass is 9.90. The second kappa shape index (κ2) is 4.78. The van der Waals surface area contributed by atoms with E-state index < -0.39 is 18.0 Å². The third kappa shape index (κ3) is 1.91. The predicted octanol–water partition coefficient (Wildman–Crippen LogP) is 1.78. The fourth-order valence-electron chi connectivity index (χ4n) is 3.83. The van der Waals surface area contributed by atoms with Crippen LogP contribution in [0.2, 0.25) is 0 Å². The van der Waals surface area contributed by atoms with Crippen LogP contribution < -0.4 is 5.32 Å². The van der Waals surface area contributed by atoms with Crippen LogP contribution in [0.25, 0.3) is 0 Å². The molecule has 3 heterocycles. The zero-order valence-electron chi connectivity index (χ0n) is 11.8. The van der Waals surface area contributed by atoms with Gasteiger partial charge >= 0.3 is 0 Å². The zero-order chi connectivity index (χ0) is 14.4. The summed E-state index contributed by atoms with van der Waals surface area (Å²) in [6.45, 7) is 1.50. The molecular weight excluding hydrogens is 271 g/mol. The number of halogens is 1. The minimum atomic E-state index is -1.10. The summed E-state index contributed by atoms with van der Waals surface area (Å²) in [6, 6.07) is 9.50. The average molecular weight is 290 g/mol. The van der Waals surface area contributed by atoms with E-state index in [1.165, 1.54) is 0 Å². The molecule has 21 heavy (non-hydrogen) atoms. The maximum absolute atomic E-state index is 14.4. The molecule has 1 spiro atoms. The second-order valence-corrected chi connectivity index (χ2v) is 6.14. The fraction of sp³-hybridized carbons (Fsp3) is 0.562. The molecule has 0 radical (unpaired) electrons. The summed E-state index contributed by atoms with van der Waals surface area (Å²) in [6.07, 6.45) is -0.219. The Hall–Kier alpha value is -1.46. The fourth-order valence-corrected chi connectivity index (χ4v) is 3.83. The topological polar surface area (TPSA) is 41.6 Å². The zero-order valence-corrected chi connectivity index (χ0v) is 11.8. The van der Waals surface area contributed by atoms with Gasteiger partial charge in [0.25, 0.3) is 5.91 Å². The molecule has 0 saturated carbocycles. The van der Waals surface area contributed by atoms with Gasteiger partial charge in [-0.25, -0.2) is 4.39 Å². The number of nitrogens with zero attached hydrogens (tertiary/aromatic N) is 1. The normalized spacial score (nSPS) is 34.4. The Morgan fingerprint density at radius 2 is 1.95 bits per heavy atom. The SMILES string of the molecule is O=C1N2C(OC13CCNCC3)C(F)C[C@H]2c1ccccc1. The van der Waals surface area contributed by atoms with Gasteiger partial charge in [-0.05, 0) is 31.5 Å². The molecule has 2 unspecified atom stereocenters. The molecule has 3 fully saturated rings. The van der Waals surface area contributed by atoms with Gasteiger partial charge in [0, 0.05) is 6.42 Å². The Balaban J connectivity index is 1.67. The van der Waals surface area contributed by atoms with Crippen LogP contribution in [0, 0.1) is 0 Å². The number of benzene rings is 1. The number of hydrogen-bond donors (Lipinski definition) is 1. The van der Waals surface area contributed by atoms with E-state index in [1.807, 2.05) is 30.3 Å². The summed E-state index contributed by atoms with van der Waals surface area (Å²) in [7, 11) is 0. The molecule has 3 aliphatic heterocycles. The standard InChI is InChI=1S/C16H19FN2O2/c17-12-10-13(11-4-2-1-3-5-11)19-14(12)21-16(15(19)20)6-8-18-9-7-16/h1-5,12-14,18H,6-10H2/t12?,13-,14?/m0/s1.